The Morgan fingerprint density at radius 3 is 2.59 bits per heavy atom. The maximum Gasteiger partial charge on any atom is 0.170 e. The van der Waals surface area contributed by atoms with Gasteiger partial charge in [0.2, 0.25) is 0 Å². The van der Waals surface area contributed by atoms with Crippen LogP contribution in [0.5, 0.6) is 0 Å². The summed E-state index contributed by atoms with van der Waals surface area (Å²) in [7, 11) is 0. The molecule has 2 aromatic heterocycles. The highest BCUT2D eigenvalue weighted by atomic mass is 79.9. The Kier molecular flexibility index (Phi) is 5.76. The molecule has 0 radical (unpaired) electrons. The van der Waals surface area contributed by atoms with Gasteiger partial charge in [-0.1, -0.05) is 52.3 Å². The zero-order valence-electron chi connectivity index (χ0n) is 16.9. The van der Waals surface area contributed by atoms with Crippen LogP contribution in [0.3, 0.4) is 0 Å². The van der Waals surface area contributed by atoms with Crippen LogP contribution < -0.4 is 5.32 Å². The minimum Gasteiger partial charge on any atom is -0.459 e. The quantitative estimate of drug-likeness (QED) is 0.316. The van der Waals surface area contributed by atoms with E-state index in [1.807, 2.05) is 42.5 Å². The number of rotatable bonds is 5. The summed E-state index contributed by atoms with van der Waals surface area (Å²) >= 11 is 9.01. The van der Waals surface area contributed by atoms with Gasteiger partial charge in [-0.25, -0.2) is 4.39 Å². The Bertz CT molecular complexity index is 1250. The number of aromatic nitrogens is 1. The lowest BCUT2D eigenvalue weighted by atomic mass is 10.0. The van der Waals surface area contributed by atoms with Crippen LogP contribution in [0.25, 0.3) is 11.3 Å². The third kappa shape index (κ3) is 4.06. The molecule has 2 aromatic carbocycles. The summed E-state index contributed by atoms with van der Waals surface area (Å²) in [6, 6.07) is 24.2. The summed E-state index contributed by atoms with van der Waals surface area (Å²) in [6.07, 6.45) is 1.77. The van der Waals surface area contributed by atoms with E-state index in [4.69, 9.17) is 16.6 Å². The van der Waals surface area contributed by atoms with Crippen molar-refractivity contribution in [3.63, 3.8) is 0 Å². The third-order valence-corrected chi connectivity index (χ3v) is 6.35. The molecule has 0 amide bonds. The van der Waals surface area contributed by atoms with Gasteiger partial charge >= 0.3 is 0 Å². The van der Waals surface area contributed by atoms with Gasteiger partial charge < -0.3 is 14.6 Å². The van der Waals surface area contributed by atoms with Crippen LogP contribution in [0.2, 0.25) is 0 Å². The predicted molar refractivity (Wildman–Crippen MR) is 129 cm³/mol. The van der Waals surface area contributed by atoms with E-state index in [-0.39, 0.29) is 17.9 Å². The van der Waals surface area contributed by atoms with E-state index in [0.717, 1.165) is 11.3 Å². The summed E-state index contributed by atoms with van der Waals surface area (Å²) < 4.78 is 21.4. The smallest absolute Gasteiger partial charge is 0.170 e. The highest BCUT2D eigenvalue weighted by Crippen LogP contribution is 2.41. The molecule has 7 heteroatoms. The van der Waals surface area contributed by atoms with Crippen LogP contribution in [0, 0.1) is 5.82 Å². The van der Waals surface area contributed by atoms with Crippen molar-refractivity contribution in [1.29, 1.82) is 0 Å². The lowest BCUT2D eigenvalue weighted by molar-refractivity contribution is 0.269. The Labute approximate surface area is 199 Å². The number of benzene rings is 2. The second kappa shape index (κ2) is 8.84. The Morgan fingerprint density at radius 2 is 1.84 bits per heavy atom. The molecule has 4 nitrogen and oxygen atoms in total. The first-order valence-corrected chi connectivity index (χ1v) is 11.4. The number of pyridine rings is 1. The Morgan fingerprint density at radius 1 is 1.03 bits per heavy atom. The van der Waals surface area contributed by atoms with Crippen molar-refractivity contribution in [2.45, 2.75) is 18.6 Å². The Hall–Kier alpha value is -3.03. The monoisotopic (exact) mass is 507 g/mol. The van der Waals surface area contributed by atoms with Crippen molar-refractivity contribution in [3.8, 4) is 11.3 Å². The van der Waals surface area contributed by atoms with Gasteiger partial charge in [-0.2, -0.15) is 0 Å². The summed E-state index contributed by atoms with van der Waals surface area (Å²) in [5, 5.41) is 4.04. The van der Waals surface area contributed by atoms with Gasteiger partial charge in [0.25, 0.3) is 0 Å². The highest BCUT2D eigenvalue weighted by molar-refractivity contribution is 9.10. The van der Waals surface area contributed by atoms with Crippen molar-refractivity contribution in [2.75, 3.05) is 0 Å². The summed E-state index contributed by atoms with van der Waals surface area (Å²) in [5.41, 5.74) is 2.41. The lowest BCUT2D eigenvalue weighted by Gasteiger charge is -2.26. The predicted octanol–water partition coefficient (Wildman–Crippen LogP) is 6.42. The van der Waals surface area contributed by atoms with Crippen LogP contribution in [0.1, 0.15) is 29.1 Å². The fourth-order valence-corrected chi connectivity index (χ4v) is 4.65. The summed E-state index contributed by atoms with van der Waals surface area (Å²) in [6.45, 7) is 0.614. The number of nitrogens with zero attached hydrogens (tertiary/aromatic N) is 2. The van der Waals surface area contributed by atoms with E-state index in [1.165, 1.54) is 6.07 Å². The van der Waals surface area contributed by atoms with E-state index in [0.29, 0.717) is 33.2 Å². The molecule has 1 aliphatic heterocycles. The first kappa shape index (κ1) is 20.8. The maximum absolute atomic E-state index is 14.5. The minimum absolute atomic E-state index is 0.193. The zero-order chi connectivity index (χ0) is 22.1. The molecule has 160 valence electrons. The van der Waals surface area contributed by atoms with Crippen molar-refractivity contribution >= 4 is 33.3 Å². The van der Waals surface area contributed by atoms with Crippen molar-refractivity contribution in [2.24, 2.45) is 0 Å². The number of hydrogen-bond acceptors (Lipinski definition) is 3. The maximum atomic E-state index is 14.5. The first-order chi connectivity index (χ1) is 15.6. The van der Waals surface area contributed by atoms with E-state index < -0.39 is 0 Å². The molecule has 0 bridgehead atoms. The molecular weight excluding hydrogens is 489 g/mol. The summed E-state index contributed by atoms with van der Waals surface area (Å²) in [4.78, 5) is 6.65. The molecule has 1 fully saturated rings. The lowest BCUT2D eigenvalue weighted by Crippen LogP contribution is -2.29. The molecule has 2 unspecified atom stereocenters. The first-order valence-electron chi connectivity index (χ1n) is 10.2. The van der Waals surface area contributed by atoms with Gasteiger partial charge in [0.05, 0.1) is 17.3 Å². The van der Waals surface area contributed by atoms with Crippen molar-refractivity contribution < 1.29 is 8.81 Å². The molecule has 0 saturated carbocycles. The second-order valence-corrected chi connectivity index (χ2v) is 8.87. The molecule has 2 atom stereocenters. The molecule has 0 aliphatic carbocycles. The number of furan rings is 1. The number of halogens is 2. The van der Waals surface area contributed by atoms with Crippen LogP contribution in [0.4, 0.5) is 4.39 Å². The SMILES string of the molecule is Fc1cc(Br)ccc1-c1ccc(C2C(c3ccccn3)NC(=S)N2Cc2ccccc2)o1. The molecule has 5 rings (SSSR count). The standard InChI is InChI=1S/C25H19BrFN3OS/c26-17-9-10-18(19(27)14-17)21-11-12-22(31-21)24-23(20-8-4-5-13-28-20)29-25(32)30(24)15-16-6-2-1-3-7-16/h1-14,23-24H,15H2,(H,29,32). The molecule has 0 spiro atoms. The molecule has 32 heavy (non-hydrogen) atoms. The fourth-order valence-electron chi connectivity index (χ4n) is 4.01. The molecule has 3 heterocycles. The molecular formula is C25H19BrFN3OS. The van der Waals surface area contributed by atoms with Crippen LogP contribution >= 0.6 is 28.1 Å². The van der Waals surface area contributed by atoms with E-state index in [9.17, 15) is 4.39 Å². The Balaban J connectivity index is 1.55. The average molecular weight is 508 g/mol. The summed E-state index contributed by atoms with van der Waals surface area (Å²) in [5.74, 6) is 0.825. The number of thiocarbonyl (C=S) groups is 1. The molecule has 4 aromatic rings. The van der Waals surface area contributed by atoms with E-state index >= 15 is 0 Å². The number of nitrogens with one attached hydrogen (secondary N) is 1. The van der Waals surface area contributed by atoms with Gasteiger partial charge in [-0.3, -0.25) is 4.98 Å². The fraction of sp³-hybridized carbons (Fsp3) is 0.120. The van der Waals surface area contributed by atoms with Gasteiger partial charge in [-0.05, 0) is 60.2 Å². The van der Waals surface area contributed by atoms with Gasteiger partial charge in [0, 0.05) is 17.2 Å². The minimum atomic E-state index is -0.345. The molecule has 1 aliphatic rings. The van der Waals surface area contributed by atoms with Crippen LogP contribution in [0.15, 0.2) is 93.9 Å². The van der Waals surface area contributed by atoms with Crippen molar-refractivity contribution in [1.82, 2.24) is 15.2 Å². The van der Waals surface area contributed by atoms with Crippen LogP contribution in [-0.4, -0.2) is 15.0 Å². The van der Waals surface area contributed by atoms with E-state index in [2.05, 4.69) is 43.3 Å². The highest BCUT2D eigenvalue weighted by Gasteiger charge is 2.41. The van der Waals surface area contributed by atoms with E-state index in [1.54, 1.807) is 24.4 Å². The second-order valence-electron chi connectivity index (χ2n) is 7.57. The average Bonchev–Trinajstić information content (AvgIpc) is 3.40. The number of hydrogen-bond donors (Lipinski definition) is 1. The third-order valence-electron chi connectivity index (χ3n) is 5.51. The van der Waals surface area contributed by atoms with Gasteiger partial charge in [0.1, 0.15) is 23.4 Å². The topological polar surface area (TPSA) is 41.3 Å². The van der Waals surface area contributed by atoms with Gasteiger partial charge in [-0.15, -0.1) is 0 Å². The van der Waals surface area contributed by atoms with Crippen molar-refractivity contribution in [3.05, 3.63) is 112 Å². The van der Waals surface area contributed by atoms with Gasteiger partial charge in [0.15, 0.2) is 5.11 Å². The van der Waals surface area contributed by atoms with Crippen LogP contribution in [-0.2, 0) is 6.54 Å². The zero-order valence-corrected chi connectivity index (χ0v) is 19.3. The molecule has 1 N–H and O–H groups in total. The molecule has 1 saturated heterocycles. The largest absolute Gasteiger partial charge is 0.459 e. The normalized spacial score (nSPS) is 18.1.